The molecule has 2 aliphatic rings. The third-order valence-corrected chi connectivity index (χ3v) is 9.11. The molecular weight excluding hydrogens is 404 g/mol. The Labute approximate surface area is 177 Å². The standard InChI is InChI=1S/C22H28N2O3S2/c1-23(18-9-3-2-4-10-18)29(26,27)19-11-5-8-17(16-19)22(25)24-14-6-12-20(24)21-13-7-15-28-21/h5,7-8,11,13,15-16,18,20H,2-4,6,9-10,12,14H2,1H3. The molecule has 0 bridgehead atoms. The summed E-state index contributed by atoms with van der Waals surface area (Å²) < 4.78 is 27.9. The number of hydrogen-bond acceptors (Lipinski definition) is 4. The number of rotatable bonds is 5. The second-order valence-corrected chi connectivity index (χ2v) is 11.0. The number of benzene rings is 1. The molecule has 0 spiro atoms. The van der Waals surface area contributed by atoms with Gasteiger partial charge in [0.2, 0.25) is 10.0 Å². The highest BCUT2D eigenvalue weighted by molar-refractivity contribution is 7.89. The van der Waals surface area contributed by atoms with E-state index < -0.39 is 10.0 Å². The highest BCUT2D eigenvalue weighted by Crippen LogP contribution is 2.36. The van der Waals surface area contributed by atoms with E-state index in [4.69, 9.17) is 0 Å². The van der Waals surface area contributed by atoms with Gasteiger partial charge in [0.05, 0.1) is 10.9 Å². The summed E-state index contributed by atoms with van der Waals surface area (Å²) in [5.74, 6) is -0.0849. The molecule has 0 radical (unpaired) electrons. The van der Waals surface area contributed by atoms with Gasteiger partial charge in [-0.05, 0) is 55.3 Å². The van der Waals surface area contributed by atoms with Gasteiger partial charge >= 0.3 is 0 Å². The lowest BCUT2D eigenvalue weighted by atomic mass is 9.96. The van der Waals surface area contributed by atoms with Crippen LogP contribution < -0.4 is 0 Å². The summed E-state index contributed by atoms with van der Waals surface area (Å²) in [6.07, 6.45) is 7.06. The molecule has 1 saturated carbocycles. The van der Waals surface area contributed by atoms with Gasteiger partial charge in [-0.15, -0.1) is 11.3 Å². The van der Waals surface area contributed by atoms with Crippen LogP contribution in [0.4, 0.5) is 0 Å². The van der Waals surface area contributed by atoms with Crippen molar-refractivity contribution in [3.05, 3.63) is 52.2 Å². The summed E-state index contributed by atoms with van der Waals surface area (Å²) in [6.45, 7) is 0.709. The Balaban J connectivity index is 1.57. The molecule has 7 heteroatoms. The molecule has 1 aromatic heterocycles. The highest BCUT2D eigenvalue weighted by atomic mass is 32.2. The predicted octanol–water partition coefficient (Wildman–Crippen LogP) is 4.68. The molecule has 2 fully saturated rings. The number of amides is 1. The molecule has 2 heterocycles. The Morgan fingerprint density at radius 3 is 2.59 bits per heavy atom. The lowest BCUT2D eigenvalue weighted by molar-refractivity contribution is 0.0737. The van der Waals surface area contributed by atoms with E-state index in [1.807, 2.05) is 16.3 Å². The summed E-state index contributed by atoms with van der Waals surface area (Å²) in [6, 6.07) is 10.8. The number of likely N-dealkylation sites (tertiary alicyclic amines) is 1. The molecule has 5 nitrogen and oxygen atoms in total. The molecule has 1 aliphatic carbocycles. The third kappa shape index (κ3) is 4.13. The fourth-order valence-electron chi connectivity index (χ4n) is 4.55. The fraction of sp³-hybridized carbons (Fsp3) is 0.500. The van der Waals surface area contributed by atoms with Gasteiger partial charge in [0.1, 0.15) is 0 Å². The molecular formula is C22H28N2O3S2. The first kappa shape index (κ1) is 20.6. The van der Waals surface area contributed by atoms with Crippen LogP contribution in [-0.4, -0.2) is 43.2 Å². The maximum absolute atomic E-state index is 13.2. The smallest absolute Gasteiger partial charge is 0.254 e. The van der Waals surface area contributed by atoms with Crippen LogP contribution in [0.15, 0.2) is 46.7 Å². The number of carbonyl (C=O) groups excluding carboxylic acids is 1. The minimum Gasteiger partial charge on any atom is -0.331 e. The summed E-state index contributed by atoms with van der Waals surface area (Å²) in [5.41, 5.74) is 0.451. The zero-order chi connectivity index (χ0) is 20.4. The summed E-state index contributed by atoms with van der Waals surface area (Å²) in [7, 11) is -1.94. The van der Waals surface area contributed by atoms with E-state index in [0.29, 0.717) is 12.1 Å². The molecule has 1 unspecified atom stereocenters. The minimum atomic E-state index is -3.61. The van der Waals surface area contributed by atoms with Gasteiger partial charge in [-0.25, -0.2) is 8.42 Å². The number of carbonyl (C=O) groups is 1. The van der Waals surface area contributed by atoms with E-state index in [-0.39, 0.29) is 22.9 Å². The van der Waals surface area contributed by atoms with Gasteiger partial charge in [0, 0.05) is 30.1 Å². The van der Waals surface area contributed by atoms with Crippen molar-refractivity contribution in [3.63, 3.8) is 0 Å². The largest absolute Gasteiger partial charge is 0.331 e. The van der Waals surface area contributed by atoms with E-state index in [1.54, 1.807) is 42.6 Å². The molecule has 29 heavy (non-hydrogen) atoms. The van der Waals surface area contributed by atoms with Crippen molar-refractivity contribution in [2.75, 3.05) is 13.6 Å². The van der Waals surface area contributed by atoms with Gasteiger partial charge in [0.15, 0.2) is 0 Å². The van der Waals surface area contributed by atoms with Crippen molar-refractivity contribution in [3.8, 4) is 0 Å². The average Bonchev–Trinajstić information content (AvgIpc) is 3.45. The second-order valence-electron chi connectivity index (χ2n) is 8.01. The van der Waals surface area contributed by atoms with Crippen LogP contribution in [-0.2, 0) is 10.0 Å². The number of nitrogens with zero attached hydrogens (tertiary/aromatic N) is 2. The molecule has 1 aliphatic heterocycles. The summed E-state index contributed by atoms with van der Waals surface area (Å²) in [5, 5.41) is 2.03. The fourth-order valence-corrected chi connectivity index (χ4v) is 6.88. The van der Waals surface area contributed by atoms with E-state index >= 15 is 0 Å². The first-order valence-electron chi connectivity index (χ1n) is 10.4. The van der Waals surface area contributed by atoms with Crippen molar-refractivity contribution < 1.29 is 13.2 Å². The van der Waals surface area contributed by atoms with Crippen LogP contribution in [0.5, 0.6) is 0 Å². The van der Waals surface area contributed by atoms with Crippen LogP contribution in [0, 0.1) is 0 Å². The normalized spacial score (nSPS) is 21.0. The second kappa shape index (κ2) is 8.58. The topological polar surface area (TPSA) is 57.7 Å². The van der Waals surface area contributed by atoms with Crippen LogP contribution in [0.2, 0.25) is 0 Å². The Morgan fingerprint density at radius 1 is 1.07 bits per heavy atom. The molecule has 1 atom stereocenters. The molecule has 1 saturated heterocycles. The lowest BCUT2D eigenvalue weighted by Gasteiger charge is -2.30. The summed E-state index contributed by atoms with van der Waals surface area (Å²) >= 11 is 1.67. The van der Waals surface area contributed by atoms with E-state index in [1.165, 1.54) is 15.6 Å². The van der Waals surface area contributed by atoms with Crippen molar-refractivity contribution in [1.82, 2.24) is 9.21 Å². The molecule has 1 aromatic carbocycles. The van der Waals surface area contributed by atoms with E-state index in [0.717, 1.165) is 38.5 Å². The molecule has 2 aromatic rings. The monoisotopic (exact) mass is 432 g/mol. The molecule has 156 valence electrons. The van der Waals surface area contributed by atoms with E-state index in [9.17, 15) is 13.2 Å². The van der Waals surface area contributed by atoms with Gasteiger partial charge in [0.25, 0.3) is 5.91 Å². The number of thiophene rings is 1. The van der Waals surface area contributed by atoms with E-state index in [2.05, 4.69) is 6.07 Å². The third-order valence-electron chi connectivity index (χ3n) is 6.23. The van der Waals surface area contributed by atoms with Crippen molar-refractivity contribution in [1.29, 1.82) is 0 Å². The van der Waals surface area contributed by atoms with Crippen LogP contribution >= 0.6 is 11.3 Å². The first-order chi connectivity index (χ1) is 14.0. The Morgan fingerprint density at radius 2 is 1.86 bits per heavy atom. The van der Waals surface area contributed by atoms with Gasteiger partial charge in [-0.1, -0.05) is 31.4 Å². The highest BCUT2D eigenvalue weighted by Gasteiger charge is 2.33. The van der Waals surface area contributed by atoms with Crippen LogP contribution in [0.1, 0.15) is 66.2 Å². The quantitative estimate of drug-likeness (QED) is 0.689. The predicted molar refractivity (Wildman–Crippen MR) is 116 cm³/mol. The Kier molecular flexibility index (Phi) is 6.08. The lowest BCUT2D eigenvalue weighted by Crippen LogP contribution is -2.38. The Bertz CT molecular complexity index is 950. The van der Waals surface area contributed by atoms with Crippen molar-refractivity contribution in [2.24, 2.45) is 0 Å². The van der Waals surface area contributed by atoms with Gasteiger partial charge in [-0.3, -0.25) is 4.79 Å². The number of sulfonamides is 1. The minimum absolute atomic E-state index is 0.0508. The van der Waals surface area contributed by atoms with Gasteiger partial charge in [-0.2, -0.15) is 4.31 Å². The van der Waals surface area contributed by atoms with Gasteiger partial charge < -0.3 is 4.90 Å². The first-order valence-corrected chi connectivity index (χ1v) is 12.7. The molecule has 1 amide bonds. The number of hydrogen-bond donors (Lipinski definition) is 0. The van der Waals surface area contributed by atoms with Crippen LogP contribution in [0.3, 0.4) is 0 Å². The summed E-state index contributed by atoms with van der Waals surface area (Å²) in [4.78, 5) is 16.5. The van der Waals surface area contributed by atoms with Crippen molar-refractivity contribution in [2.45, 2.75) is 61.9 Å². The molecule has 4 rings (SSSR count). The maximum atomic E-state index is 13.2. The zero-order valence-corrected chi connectivity index (χ0v) is 18.4. The Hall–Kier alpha value is -1.70. The molecule has 0 N–H and O–H groups in total. The van der Waals surface area contributed by atoms with Crippen molar-refractivity contribution >= 4 is 27.3 Å². The SMILES string of the molecule is CN(C1CCCCC1)S(=O)(=O)c1cccc(C(=O)N2CCCC2c2cccs2)c1. The maximum Gasteiger partial charge on any atom is 0.254 e. The van der Waals surface area contributed by atoms with Crippen LogP contribution in [0.25, 0.3) is 0 Å². The average molecular weight is 433 g/mol. The zero-order valence-electron chi connectivity index (χ0n) is 16.8.